The molecule has 3 aromatic rings. The van der Waals surface area contributed by atoms with Gasteiger partial charge in [-0.3, -0.25) is 9.59 Å². The molecule has 0 saturated heterocycles. The topological polar surface area (TPSA) is 58.6 Å². The molecule has 0 fully saturated rings. The number of nitrogens with one attached hydrogen (secondary N) is 1. The molecule has 5 heteroatoms. The number of amides is 2. The second-order valence-corrected chi connectivity index (χ2v) is 7.41. The summed E-state index contributed by atoms with van der Waals surface area (Å²) in [5.74, 6) is 0.465. The molecule has 0 spiro atoms. The monoisotopic (exact) mass is 388 g/mol. The van der Waals surface area contributed by atoms with E-state index in [1.165, 1.54) is 6.92 Å². The van der Waals surface area contributed by atoms with Crippen molar-refractivity contribution >= 4 is 28.3 Å². The standard InChI is InChI=1S/C24H24N2O3/c1-15-11-12-16(2)23-21(15)22(25-17(3)27)24(28)26(23)13-14-29-20-10-6-8-18-7-4-5-9-19(18)20/h4-12,22H,13-14H2,1-3H3,(H,25,27)/t22-/m0/s1. The molecule has 148 valence electrons. The van der Waals surface area contributed by atoms with Crippen LogP contribution in [0, 0.1) is 13.8 Å². The zero-order chi connectivity index (χ0) is 20.5. The van der Waals surface area contributed by atoms with Crippen LogP contribution in [0.5, 0.6) is 5.75 Å². The van der Waals surface area contributed by atoms with Crippen molar-refractivity contribution in [1.82, 2.24) is 5.32 Å². The van der Waals surface area contributed by atoms with Gasteiger partial charge in [0, 0.05) is 17.9 Å². The van der Waals surface area contributed by atoms with Gasteiger partial charge in [-0.2, -0.15) is 0 Å². The smallest absolute Gasteiger partial charge is 0.254 e. The summed E-state index contributed by atoms with van der Waals surface area (Å²) in [6.07, 6.45) is 0. The van der Waals surface area contributed by atoms with E-state index >= 15 is 0 Å². The Morgan fingerprint density at radius 3 is 2.55 bits per heavy atom. The van der Waals surface area contributed by atoms with E-state index < -0.39 is 6.04 Å². The number of carbonyl (C=O) groups is 2. The van der Waals surface area contributed by atoms with Gasteiger partial charge in [0.1, 0.15) is 18.4 Å². The van der Waals surface area contributed by atoms with Crippen molar-refractivity contribution in [3.63, 3.8) is 0 Å². The Morgan fingerprint density at radius 1 is 1.03 bits per heavy atom. The van der Waals surface area contributed by atoms with Gasteiger partial charge in [0.15, 0.2) is 0 Å². The fourth-order valence-corrected chi connectivity index (χ4v) is 4.06. The molecule has 5 nitrogen and oxygen atoms in total. The third-order valence-electron chi connectivity index (χ3n) is 5.38. The van der Waals surface area contributed by atoms with E-state index in [0.29, 0.717) is 13.2 Å². The first-order chi connectivity index (χ1) is 14.0. The van der Waals surface area contributed by atoms with Gasteiger partial charge in [0.25, 0.3) is 5.91 Å². The number of hydrogen-bond donors (Lipinski definition) is 1. The number of carbonyl (C=O) groups excluding carboxylic acids is 2. The van der Waals surface area contributed by atoms with Crippen molar-refractivity contribution < 1.29 is 14.3 Å². The lowest BCUT2D eigenvalue weighted by Gasteiger charge is -2.20. The average molecular weight is 388 g/mol. The fourth-order valence-electron chi connectivity index (χ4n) is 4.06. The number of fused-ring (bicyclic) bond motifs is 2. The minimum atomic E-state index is -0.639. The van der Waals surface area contributed by atoms with Crippen molar-refractivity contribution in [2.45, 2.75) is 26.8 Å². The lowest BCUT2D eigenvalue weighted by atomic mass is 9.99. The highest BCUT2D eigenvalue weighted by molar-refractivity contribution is 6.07. The van der Waals surface area contributed by atoms with Crippen molar-refractivity contribution in [1.29, 1.82) is 0 Å². The highest BCUT2D eigenvalue weighted by atomic mass is 16.5. The summed E-state index contributed by atoms with van der Waals surface area (Å²) in [6.45, 7) is 6.16. The van der Waals surface area contributed by atoms with E-state index in [9.17, 15) is 9.59 Å². The predicted molar refractivity (Wildman–Crippen MR) is 114 cm³/mol. The summed E-state index contributed by atoms with van der Waals surface area (Å²) in [6, 6.07) is 17.4. The summed E-state index contributed by atoms with van der Waals surface area (Å²) in [5, 5.41) is 4.97. The number of anilines is 1. The predicted octanol–water partition coefficient (Wildman–Crippen LogP) is 4.06. The number of benzene rings is 3. The average Bonchev–Trinajstić information content (AvgIpc) is 2.98. The normalized spacial score (nSPS) is 15.5. The molecule has 1 atom stereocenters. The van der Waals surface area contributed by atoms with Gasteiger partial charge in [-0.1, -0.05) is 48.5 Å². The van der Waals surface area contributed by atoms with E-state index in [4.69, 9.17) is 4.74 Å². The Kier molecular flexibility index (Phi) is 4.97. The van der Waals surface area contributed by atoms with Crippen LogP contribution in [0.25, 0.3) is 10.8 Å². The van der Waals surface area contributed by atoms with Gasteiger partial charge in [-0.05, 0) is 36.4 Å². The van der Waals surface area contributed by atoms with Crippen molar-refractivity contribution in [3.05, 3.63) is 71.3 Å². The van der Waals surface area contributed by atoms with Crippen LogP contribution >= 0.6 is 0 Å². The lowest BCUT2D eigenvalue weighted by Crippen LogP contribution is -2.38. The first kappa shape index (κ1) is 19.0. The summed E-state index contributed by atoms with van der Waals surface area (Å²) in [7, 11) is 0. The van der Waals surface area contributed by atoms with Crippen LogP contribution in [0.1, 0.15) is 29.7 Å². The molecule has 0 aliphatic carbocycles. The molecular formula is C24H24N2O3. The lowest BCUT2D eigenvalue weighted by molar-refractivity contribution is -0.126. The molecule has 1 aliphatic heterocycles. The first-order valence-corrected chi connectivity index (χ1v) is 9.76. The SMILES string of the molecule is CC(=O)N[C@@H]1C(=O)N(CCOc2cccc3ccccc23)c2c(C)ccc(C)c21. The summed E-state index contributed by atoms with van der Waals surface area (Å²) in [4.78, 5) is 26.5. The largest absolute Gasteiger partial charge is 0.491 e. The van der Waals surface area contributed by atoms with Crippen LogP contribution in [0.2, 0.25) is 0 Å². The zero-order valence-electron chi connectivity index (χ0n) is 16.9. The van der Waals surface area contributed by atoms with Crippen molar-refractivity contribution in [2.75, 3.05) is 18.1 Å². The molecule has 1 N–H and O–H groups in total. The maximum atomic E-state index is 13.1. The Morgan fingerprint density at radius 2 is 1.76 bits per heavy atom. The number of hydrogen-bond acceptors (Lipinski definition) is 3. The van der Waals surface area contributed by atoms with E-state index in [-0.39, 0.29) is 11.8 Å². The highest BCUT2D eigenvalue weighted by Crippen LogP contribution is 2.40. The molecule has 0 bridgehead atoms. The van der Waals surface area contributed by atoms with Crippen molar-refractivity contribution in [3.8, 4) is 5.75 Å². The molecule has 2 amide bonds. The minimum absolute atomic E-state index is 0.117. The second kappa shape index (κ2) is 7.59. The molecule has 0 unspecified atom stereocenters. The van der Waals surface area contributed by atoms with Crippen LogP contribution < -0.4 is 15.0 Å². The molecule has 1 aliphatic rings. The van der Waals surface area contributed by atoms with Crippen LogP contribution in [0.3, 0.4) is 0 Å². The molecule has 3 aromatic carbocycles. The van der Waals surface area contributed by atoms with Crippen LogP contribution in [0.4, 0.5) is 5.69 Å². The summed E-state index contributed by atoms with van der Waals surface area (Å²) < 4.78 is 6.05. The molecule has 4 rings (SSSR count). The van der Waals surface area contributed by atoms with Gasteiger partial charge in [-0.15, -0.1) is 0 Å². The van der Waals surface area contributed by atoms with Gasteiger partial charge in [0.2, 0.25) is 5.91 Å². The van der Waals surface area contributed by atoms with Gasteiger partial charge in [-0.25, -0.2) is 0 Å². The van der Waals surface area contributed by atoms with Gasteiger partial charge in [0.05, 0.1) is 12.2 Å². The van der Waals surface area contributed by atoms with Gasteiger partial charge < -0.3 is 15.0 Å². The third kappa shape index (κ3) is 3.44. The minimum Gasteiger partial charge on any atom is -0.491 e. The molecule has 0 aromatic heterocycles. The van der Waals surface area contributed by atoms with Gasteiger partial charge >= 0.3 is 0 Å². The maximum absolute atomic E-state index is 13.1. The van der Waals surface area contributed by atoms with Crippen LogP contribution in [-0.4, -0.2) is 25.0 Å². The van der Waals surface area contributed by atoms with E-state index in [0.717, 1.165) is 38.9 Å². The molecule has 1 heterocycles. The number of nitrogens with zero attached hydrogens (tertiary/aromatic N) is 1. The fraction of sp³-hybridized carbons (Fsp3) is 0.250. The van der Waals surface area contributed by atoms with Crippen LogP contribution in [-0.2, 0) is 9.59 Å². The number of ether oxygens (including phenoxy) is 1. The first-order valence-electron chi connectivity index (χ1n) is 9.76. The summed E-state index contributed by atoms with van der Waals surface area (Å²) in [5.41, 5.74) is 3.78. The Hall–Kier alpha value is -3.34. The van der Waals surface area contributed by atoms with E-state index in [1.54, 1.807) is 4.90 Å². The zero-order valence-corrected chi connectivity index (χ0v) is 16.9. The van der Waals surface area contributed by atoms with Crippen molar-refractivity contribution in [2.24, 2.45) is 0 Å². The Bertz CT molecular complexity index is 1100. The van der Waals surface area contributed by atoms with Crippen LogP contribution in [0.15, 0.2) is 54.6 Å². The van der Waals surface area contributed by atoms with E-state index in [2.05, 4.69) is 5.32 Å². The highest BCUT2D eigenvalue weighted by Gasteiger charge is 2.39. The summed E-state index contributed by atoms with van der Waals surface area (Å²) >= 11 is 0. The molecule has 0 radical (unpaired) electrons. The number of rotatable bonds is 5. The molecular weight excluding hydrogens is 364 g/mol. The quantitative estimate of drug-likeness (QED) is 0.717. The second-order valence-electron chi connectivity index (χ2n) is 7.41. The maximum Gasteiger partial charge on any atom is 0.254 e. The Balaban J connectivity index is 1.58. The molecule has 29 heavy (non-hydrogen) atoms. The third-order valence-corrected chi connectivity index (χ3v) is 5.38. The number of aryl methyl sites for hydroxylation is 2. The molecule has 0 saturated carbocycles. The Labute approximate surface area is 170 Å². The van der Waals surface area contributed by atoms with E-state index in [1.807, 2.05) is 68.4 Å².